The van der Waals surface area contributed by atoms with Crippen LogP contribution in [-0.4, -0.2) is 65.4 Å². The minimum Gasteiger partial charge on any atom is -0.469 e. The SMILES string of the molecule is COC(=O)C1CCC(NC(=O)c2cc3cc(Cl)ccc3[nH]2)C(NC(=O)c2nc3c(s2)CN(C)CC3)C1. The van der Waals surface area contributed by atoms with Crippen molar-refractivity contribution >= 4 is 51.6 Å². The van der Waals surface area contributed by atoms with Gasteiger partial charge < -0.3 is 25.3 Å². The third kappa shape index (κ3) is 5.11. The average Bonchev–Trinajstić information content (AvgIpc) is 3.48. The lowest BCUT2D eigenvalue weighted by atomic mass is 9.82. The summed E-state index contributed by atoms with van der Waals surface area (Å²) in [6.45, 7) is 1.69. The number of rotatable bonds is 5. The first-order chi connectivity index (χ1) is 17.3. The maximum Gasteiger partial charge on any atom is 0.308 e. The summed E-state index contributed by atoms with van der Waals surface area (Å²) >= 11 is 7.48. The van der Waals surface area contributed by atoms with E-state index in [1.807, 2.05) is 13.1 Å². The molecule has 3 unspecified atom stereocenters. The van der Waals surface area contributed by atoms with Crippen LogP contribution in [0.3, 0.4) is 0 Å². The van der Waals surface area contributed by atoms with Crippen LogP contribution in [0.25, 0.3) is 10.9 Å². The Hall–Kier alpha value is -2.95. The highest BCUT2D eigenvalue weighted by Gasteiger charge is 2.37. The molecule has 2 aliphatic rings. The molecule has 0 saturated heterocycles. The zero-order chi connectivity index (χ0) is 25.4. The Morgan fingerprint density at radius 3 is 2.78 bits per heavy atom. The fraction of sp³-hybridized carbons (Fsp3) is 0.440. The molecule has 9 nitrogen and oxygen atoms in total. The van der Waals surface area contributed by atoms with Gasteiger partial charge in [-0.3, -0.25) is 14.4 Å². The molecule has 0 radical (unpaired) electrons. The number of ether oxygens (including phenoxy) is 1. The molecule has 36 heavy (non-hydrogen) atoms. The lowest BCUT2D eigenvalue weighted by Crippen LogP contribution is -2.55. The monoisotopic (exact) mass is 529 g/mol. The Kier molecular flexibility index (Phi) is 7.00. The molecule has 2 aromatic heterocycles. The maximum atomic E-state index is 13.2. The summed E-state index contributed by atoms with van der Waals surface area (Å²) in [7, 11) is 3.41. The molecule has 1 saturated carbocycles. The highest BCUT2D eigenvalue weighted by atomic mass is 35.5. The minimum absolute atomic E-state index is 0.282. The summed E-state index contributed by atoms with van der Waals surface area (Å²) in [5.74, 6) is -1.22. The second kappa shape index (κ2) is 10.2. The molecule has 0 bridgehead atoms. The van der Waals surface area contributed by atoms with E-state index >= 15 is 0 Å². The van der Waals surface area contributed by atoms with E-state index in [1.54, 1.807) is 18.2 Å². The third-order valence-corrected chi connectivity index (χ3v) is 8.28. The van der Waals surface area contributed by atoms with E-state index in [1.165, 1.54) is 18.4 Å². The van der Waals surface area contributed by atoms with E-state index < -0.39 is 6.04 Å². The van der Waals surface area contributed by atoms with Crippen molar-refractivity contribution in [1.82, 2.24) is 25.5 Å². The lowest BCUT2D eigenvalue weighted by Gasteiger charge is -2.35. The molecular weight excluding hydrogens is 502 g/mol. The van der Waals surface area contributed by atoms with Gasteiger partial charge in [0.2, 0.25) is 0 Å². The van der Waals surface area contributed by atoms with Crippen molar-refractivity contribution in [2.24, 2.45) is 5.92 Å². The van der Waals surface area contributed by atoms with Crippen LogP contribution in [0.15, 0.2) is 24.3 Å². The predicted octanol–water partition coefficient (Wildman–Crippen LogP) is 3.14. The number of benzene rings is 1. The topological polar surface area (TPSA) is 116 Å². The summed E-state index contributed by atoms with van der Waals surface area (Å²) in [6.07, 6.45) is 2.28. The Labute approximate surface area is 217 Å². The summed E-state index contributed by atoms with van der Waals surface area (Å²) < 4.78 is 4.95. The predicted molar refractivity (Wildman–Crippen MR) is 137 cm³/mol. The Morgan fingerprint density at radius 2 is 1.97 bits per heavy atom. The molecule has 1 aromatic carbocycles. The van der Waals surface area contributed by atoms with Gasteiger partial charge in [-0.1, -0.05) is 11.6 Å². The second-order valence-corrected chi connectivity index (χ2v) is 11.0. The van der Waals surface area contributed by atoms with E-state index in [4.69, 9.17) is 16.3 Å². The van der Waals surface area contributed by atoms with Crippen molar-refractivity contribution in [3.8, 4) is 0 Å². The van der Waals surface area contributed by atoms with E-state index in [2.05, 4.69) is 25.5 Å². The molecular formula is C25H28ClN5O4S. The van der Waals surface area contributed by atoms with Crippen LogP contribution in [-0.2, 0) is 22.5 Å². The number of aromatic nitrogens is 2. The number of fused-ring (bicyclic) bond motifs is 2. The fourth-order valence-corrected chi connectivity index (χ4v) is 6.28. The first-order valence-corrected chi connectivity index (χ1v) is 13.1. The maximum absolute atomic E-state index is 13.2. The summed E-state index contributed by atoms with van der Waals surface area (Å²) in [5, 5.41) is 7.95. The number of likely N-dealkylation sites (N-methyl/N-ethyl adjacent to an activating group) is 1. The van der Waals surface area contributed by atoms with Crippen LogP contribution in [0.2, 0.25) is 5.02 Å². The number of hydrogen-bond acceptors (Lipinski definition) is 7. The van der Waals surface area contributed by atoms with Gasteiger partial charge >= 0.3 is 5.97 Å². The van der Waals surface area contributed by atoms with Crippen LogP contribution in [0.4, 0.5) is 0 Å². The summed E-state index contributed by atoms with van der Waals surface area (Å²) in [6, 6.07) is 6.34. The number of aromatic amines is 1. The van der Waals surface area contributed by atoms with Crippen molar-refractivity contribution in [3.63, 3.8) is 0 Å². The van der Waals surface area contributed by atoms with Gasteiger partial charge in [0.05, 0.1) is 24.8 Å². The minimum atomic E-state index is -0.443. The van der Waals surface area contributed by atoms with Crippen molar-refractivity contribution < 1.29 is 19.1 Å². The van der Waals surface area contributed by atoms with Gasteiger partial charge in [-0.15, -0.1) is 11.3 Å². The molecule has 5 rings (SSSR count). The normalized spacial score (nSPS) is 22.1. The van der Waals surface area contributed by atoms with E-state index in [-0.39, 0.29) is 29.7 Å². The van der Waals surface area contributed by atoms with E-state index in [9.17, 15) is 14.4 Å². The molecule has 1 aliphatic heterocycles. The molecule has 0 spiro atoms. The van der Waals surface area contributed by atoms with Crippen molar-refractivity contribution in [2.45, 2.75) is 44.3 Å². The van der Waals surface area contributed by atoms with Gasteiger partial charge in [-0.2, -0.15) is 0 Å². The first kappa shape index (κ1) is 24.7. The summed E-state index contributed by atoms with van der Waals surface area (Å²) in [4.78, 5) is 49.5. The molecule has 3 heterocycles. The van der Waals surface area contributed by atoms with Crippen LogP contribution in [0.5, 0.6) is 0 Å². The number of carbonyl (C=O) groups excluding carboxylic acids is 3. The highest BCUT2D eigenvalue weighted by Crippen LogP contribution is 2.29. The third-order valence-electron chi connectivity index (χ3n) is 6.96. The fourth-order valence-electron chi connectivity index (χ4n) is 5.01. The average molecular weight is 530 g/mol. The van der Waals surface area contributed by atoms with Crippen LogP contribution >= 0.6 is 22.9 Å². The Morgan fingerprint density at radius 1 is 1.17 bits per heavy atom. The molecule has 3 aromatic rings. The van der Waals surface area contributed by atoms with Gasteiger partial charge in [0.1, 0.15) is 5.69 Å². The number of carbonyl (C=O) groups is 3. The Balaban J connectivity index is 1.33. The summed E-state index contributed by atoms with van der Waals surface area (Å²) in [5.41, 5.74) is 2.19. The molecule has 11 heteroatoms. The van der Waals surface area contributed by atoms with E-state index in [0.29, 0.717) is 35.0 Å². The van der Waals surface area contributed by atoms with Gasteiger partial charge in [0.25, 0.3) is 11.8 Å². The number of esters is 1. The smallest absolute Gasteiger partial charge is 0.308 e. The van der Waals surface area contributed by atoms with Crippen LogP contribution < -0.4 is 10.6 Å². The molecule has 1 fully saturated rings. The quantitative estimate of drug-likeness (QED) is 0.437. The highest BCUT2D eigenvalue weighted by molar-refractivity contribution is 7.13. The molecule has 2 amide bonds. The number of nitrogens with one attached hydrogen (secondary N) is 3. The van der Waals surface area contributed by atoms with Crippen LogP contribution in [0.1, 0.15) is 50.1 Å². The second-order valence-electron chi connectivity index (χ2n) is 9.48. The van der Waals surface area contributed by atoms with Crippen LogP contribution in [0, 0.1) is 5.92 Å². The number of H-pyrrole nitrogens is 1. The van der Waals surface area contributed by atoms with Gasteiger partial charge in [-0.25, -0.2) is 4.98 Å². The lowest BCUT2D eigenvalue weighted by molar-refractivity contribution is -0.146. The number of halogens is 1. The first-order valence-electron chi connectivity index (χ1n) is 12.0. The largest absolute Gasteiger partial charge is 0.469 e. The van der Waals surface area contributed by atoms with Gasteiger partial charge in [-0.05, 0) is 50.6 Å². The molecule has 3 N–H and O–H groups in total. The Bertz CT molecular complexity index is 1320. The van der Waals surface area contributed by atoms with Gasteiger partial charge in [0, 0.05) is 46.4 Å². The number of thiazole rings is 1. The number of nitrogens with zero attached hydrogens (tertiary/aromatic N) is 2. The molecule has 3 atom stereocenters. The van der Waals surface area contributed by atoms with Crippen molar-refractivity contribution in [3.05, 3.63) is 50.6 Å². The number of methoxy groups -OCH3 is 1. The molecule has 1 aliphatic carbocycles. The number of amides is 2. The zero-order valence-electron chi connectivity index (χ0n) is 20.1. The van der Waals surface area contributed by atoms with Crippen molar-refractivity contribution in [2.75, 3.05) is 20.7 Å². The number of hydrogen-bond donors (Lipinski definition) is 3. The molecule has 190 valence electrons. The van der Waals surface area contributed by atoms with Gasteiger partial charge in [0.15, 0.2) is 5.01 Å². The van der Waals surface area contributed by atoms with Crippen molar-refractivity contribution in [1.29, 1.82) is 0 Å². The standard InChI is InChI=1S/C25H28ClN5O4S/c1-31-8-7-18-21(12-31)36-24(30-18)23(33)29-19-10-13(25(34)35-2)3-5-17(19)28-22(32)20-11-14-9-15(26)4-6-16(14)27-20/h4,6,9,11,13,17,19,27H,3,5,7-8,10,12H2,1-2H3,(H,28,32)(H,29,33). The van der Waals surface area contributed by atoms with E-state index in [0.717, 1.165) is 41.0 Å². The zero-order valence-corrected chi connectivity index (χ0v) is 21.7.